The quantitative estimate of drug-likeness (QED) is 0.825. The molecule has 1 heterocycles. The maximum Gasteiger partial charge on any atom is 0.270 e. The van der Waals surface area contributed by atoms with Crippen molar-refractivity contribution in [2.45, 2.75) is 25.9 Å². The summed E-state index contributed by atoms with van der Waals surface area (Å²) in [6.07, 6.45) is 2.35. The van der Waals surface area contributed by atoms with Crippen molar-refractivity contribution in [3.05, 3.63) is 54.4 Å². The molecule has 1 aromatic carbocycles. The Morgan fingerprint density at radius 1 is 1.27 bits per heavy atom. The average Bonchev–Trinajstić information content (AvgIpc) is 2.55. The molecular weight excluding hydrogens is 280 g/mol. The molecule has 0 aliphatic rings. The first-order valence-electron chi connectivity index (χ1n) is 7.34. The van der Waals surface area contributed by atoms with E-state index in [1.807, 2.05) is 37.3 Å². The molecule has 1 atom stereocenters. The summed E-state index contributed by atoms with van der Waals surface area (Å²) in [7, 11) is 0. The van der Waals surface area contributed by atoms with E-state index in [1.165, 1.54) is 6.20 Å². The van der Waals surface area contributed by atoms with Crippen LogP contribution < -0.4 is 10.1 Å². The van der Waals surface area contributed by atoms with E-state index in [0.717, 1.165) is 0 Å². The van der Waals surface area contributed by atoms with Gasteiger partial charge in [0.25, 0.3) is 5.91 Å². The lowest BCUT2D eigenvalue weighted by Gasteiger charge is -2.09. The first-order valence-corrected chi connectivity index (χ1v) is 7.34. The third-order valence-corrected chi connectivity index (χ3v) is 3.18. The SMILES string of the molecule is CCC(O)CCNC(=O)c1cc(Oc2ccccc2)ccn1. The minimum Gasteiger partial charge on any atom is -0.457 e. The van der Waals surface area contributed by atoms with Crippen LogP contribution in [0.4, 0.5) is 0 Å². The lowest BCUT2D eigenvalue weighted by atomic mass is 10.2. The van der Waals surface area contributed by atoms with Gasteiger partial charge in [0, 0.05) is 18.8 Å². The molecule has 2 N–H and O–H groups in total. The molecule has 0 radical (unpaired) electrons. The Labute approximate surface area is 130 Å². The van der Waals surface area contributed by atoms with Crippen molar-refractivity contribution >= 4 is 5.91 Å². The molecule has 0 aliphatic heterocycles. The first-order chi connectivity index (χ1) is 10.7. The summed E-state index contributed by atoms with van der Waals surface area (Å²) in [5.41, 5.74) is 0.291. The maximum atomic E-state index is 12.0. The van der Waals surface area contributed by atoms with E-state index < -0.39 is 0 Å². The summed E-state index contributed by atoms with van der Waals surface area (Å²) in [6, 6.07) is 12.6. The van der Waals surface area contributed by atoms with Crippen LogP contribution in [-0.2, 0) is 0 Å². The van der Waals surface area contributed by atoms with E-state index in [2.05, 4.69) is 10.3 Å². The van der Waals surface area contributed by atoms with Gasteiger partial charge in [0.2, 0.25) is 0 Å². The van der Waals surface area contributed by atoms with E-state index in [0.29, 0.717) is 36.6 Å². The topological polar surface area (TPSA) is 71.5 Å². The molecular formula is C17H20N2O3. The van der Waals surface area contributed by atoms with Gasteiger partial charge in [-0.1, -0.05) is 25.1 Å². The van der Waals surface area contributed by atoms with Crippen molar-refractivity contribution in [2.24, 2.45) is 0 Å². The molecule has 0 fully saturated rings. The van der Waals surface area contributed by atoms with Crippen molar-refractivity contribution in [3.8, 4) is 11.5 Å². The summed E-state index contributed by atoms with van der Waals surface area (Å²) in [5, 5.41) is 12.2. The Hall–Kier alpha value is -2.40. The number of amides is 1. The summed E-state index contributed by atoms with van der Waals surface area (Å²) < 4.78 is 5.67. The zero-order chi connectivity index (χ0) is 15.8. The number of aromatic nitrogens is 1. The summed E-state index contributed by atoms with van der Waals surface area (Å²) in [4.78, 5) is 16.1. The molecule has 2 rings (SSSR count). The van der Waals surface area contributed by atoms with Gasteiger partial charge >= 0.3 is 0 Å². The van der Waals surface area contributed by atoms with Gasteiger partial charge in [0.1, 0.15) is 17.2 Å². The molecule has 5 heteroatoms. The maximum absolute atomic E-state index is 12.0. The predicted octanol–water partition coefficient (Wildman–Crippen LogP) is 2.76. The monoisotopic (exact) mass is 300 g/mol. The highest BCUT2D eigenvalue weighted by Crippen LogP contribution is 2.20. The van der Waals surface area contributed by atoms with Crippen LogP contribution >= 0.6 is 0 Å². The standard InChI is InChI=1S/C17H20N2O3/c1-2-13(20)8-10-19-17(21)16-12-15(9-11-18-16)22-14-6-4-3-5-7-14/h3-7,9,11-13,20H,2,8,10H2,1H3,(H,19,21). The number of rotatable bonds is 7. The number of carbonyl (C=O) groups is 1. The number of hydrogen-bond donors (Lipinski definition) is 2. The van der Waals surface area contributed by atoms with Crippen molar-refractivity contribution < 1.29 is 14.6 Å². The number of benzene rings is 1. The van der Waals surface area contributed by atoms with Gasteiger partial charge in [0.05, 0.1) is 6.10 Å². The zero-order valence-electron chi connectivity index (χ0n) is 12.5. The van der Waals surface area contributed by atoms with Crippen LogP contribution in [0.15, 0.2) is 48.7 Å². The average molecular weight is 300 g/mol. The smallest absolute Gasteiger partial charge is 0.270 e. The van der Waals surface area contributed by atoms with Gasteiger partial charge in [-0.15, -0.1) is 0 Å². The van der Waals surface area contributed by atoms with Crippen LogP contribution in [0.2, 0.25) is 0 Å². The first kappa shape index (κ1) is 16.0. The Morgan fingerprint density at radius 3 is 2.77 bits per heavy atom. The third-order valence-electron chi connectivity index (χ3n) is 3.18. The van der Waals surface area contributed by atoms with Crippen molar-refractivity contribution in [1.82, 2.24) is 10.3 Å². The van der Waals surface area contributed by atoms with Crippen LogP contribution in [0.1, 0.15) is 30.3 Å². The van der Waals surface area contributed by atoms with E-state index >= 15 is 0 Å². The predicted molar refractivity (Wildman–Crippen MR) is 84.0 cm³/mol. The molecule has 1 unspecified atom stereocenters. The fraction of sp³-hybridized carbons (Fsp3) is 0.294. The highest BCUT2D eigenvalue weighted by atomic mass is 16.5. The number of carbonyl (C=O) groups excluding carboxylic acids is 1. The van der Waals surface area contributed by atoms with E-state index in [1.54, 1.807) is 12.1 Å². The van der Waals surface area contributed by atoms with Crippen molar-refractivity contribution in [1.29, 1.82) is 0 Å². The molecule has 0 saturated heterocycles. The highest BCUT2D eigenvalue weighted by molar-refractivity contribution is 5.92. The largest absolute Gasteiger partial charge is 0.457 e. The fourth-order valence-corrected chi connectivity index (χ4v) is 1.87. The minimum atomic E-state index is -0.388. The lowest BCUT2D eigenvalue weighted by molar-refractivity contribution is 0.0936. The molecule has 0 spiro atoms. The number of nitrogens with zero attached hydrogens (tertiary/aromatic N) is 1. The van der Waals surface area contributed by atoms with Gasteiger partial charge in [0.15, 0.2) is 0 Å². The second kappa shape index (κ2) is 8.14. The molecule has 0 aliphatic carbocycles. The number of hydrogen-bond acceptors (Lipinski definition) is 4. The van der Waals surface area contributed by atoms with Crippen molar-refractivity contribution in [3.63, 3.8) is 0 Å². The van der Waals surface area contributed by atoms with Gasteiger partial charge in [-0.25, -0.2) is 0 Å². The molecule has 1 amide bonds. The van der Waals surface area contributed by atoms with Crippen LogP contribution in [-0.4, -0.2) is 28.6 Å². The van der Waals surface area contributed by atoms with Gasteiger partial charge < -0.3 is 15.2 Å². The minimum absolute atomic E-state index is 0.276. The Balaban J connectivity index is 1.94. The number of pyridine rings is 1. The Bertz CT molecular complexity index is 602. The lowest BCUT2D eigenvalue weighted by Crippen LogP contribution is -2.27. The number of para-hydroxylation sites is 1. The van der Waals surface area contributed by atoms with E-state index in [-0.39, 0.29) is 12.0 Å². The number of aliphatic hydroxyl groups is 1. The molecule has 1 aromatic heterocycles. The zero-order valence-corrected chi connectivity index (χ0v) is 12.5. The normalized spacial score (nSPS) is 11.7. The molecule has 5 nitrogen and oxygen atoms in total. The van der Waals surface area contributed by atoms with Crippen LogP contribution in [0.25, 0.3) is 0 Å². The molecule has 116 valence electrons. The second-order valence-corrected chi connectivity index (χ2v) is 4.90. The summed E-state index contributed by atoms with van der Waals surface area (Å²) in [6.45, 7) is 2.32. The van der Waals surface area contributed by atoms with Crippen molar-refractivity contribution in [2.75, 3.05) is 6.54 Å². The van der Waals surface area contributed by atoms with Gasteiger partial charge in [-0.2, -0.15) is 0 Å². The third kappa shape index (κ3) is 4.86. The fourth-order valence-electron chi connectivity index (χ4n) is 1.87. The number of ether oxygens (including phenoxy) is 1. The molecule has 2 aromatic rings. The van der Waals surface area contributed by atoms with Gasteiger partial charge in [-0.3, -0.25) is 9.78 Å². The highest BCUT2D eigenvalue weighted by Gasteiger charge is 2.09. The molecule has 0 saturated carbocycles. The molecule has 0 bridgehead atoms. The number of aliphatic hydroxyl groups excluding tert-OH is 1. The number of nitrogens with one attached hydrogen (secondary N) is 1. The second-order valence-electron chi connectivity index (χ2n) is 4.90. The van der Waals surface area contributed by atoms with Gasteiger partial charge in [-0.05, 0) is 31.0 Å². The summed E-state index contributed by atoms with van der Waals surface area (Å²) >= 11 is 0. The summed E-state index contributed by atoms with van der Waals surface area (Å²) in [5.74, 6) is 0.980. The van der Waals surface area contributed by atoms with Crippen LogP contribution in [0, 0.1) is 0 Å². The van der Waals surface area contributed by atoms with E-state index in [9.17, 15) is 9.90 Å². The Kier molecular flexibility index (Phi) is 5.91. The Morgan fingerprint density at radius 2 is 2.05 bits per heavy atom. The van der Waals surface area contributed by atoms with Crippen LogP contribution in [0.5, 0.6) is 11.5 Å². The van der Waals surface area contributed by atoms with E-state index in [4.69, 9.17) is 4.74 Å². The van der Waals surface area contributed by atoms with Crippen LogP contribution in [0.3, 0.4) is 0 Å². The molecule has 22 heavy (non-hydrogen) atoms.